The molecule has 2 bridgehead atoms. The van der Waals surface area contributed by atoms with Crippen molar-refractivity contribution in [1.82, 2.24) is 9.80 Å². The molecule has 0 aromatic heterocycles. The van der Waals surface area contributed by atoms with Crippen LogP contribution in [0.15, 0.2) is 30.3 Å². The molecule has 3 atom stereocenters. The van der Waals surface area contributed by atoms with Gasteiger partial charge in [-0.2, -0.15) is 0 Å². The van der Waals surface area contributed by atoms with Crippen molar-refractivity contribution in [1.29, 1.82) is 0 Å². The monoisotopic (exact) mass is 346 g/mol. The van der Waals surface area contributed by atoms with Crippen LogP contribution in [0.25, 0.3) is 0 Å². The van der Waals surface area contributed by atoms with Gasteiger partial charge in [0.2, 0.25) is 0 Å². The highest BCUT2D eigenvalue weighted by molar-refractivity contribution is 5.69. The standard InChI is InChI=1S/C20H30N2O3/c1-20(2,3)25-19(24)22-13-16-9-10-17(18(22)14-23)21(12-16)11-15-7-5-4-6-8-15/h4-8,16-18,23H,9-14H2,1-3H3/t16-,17-,18+/m0/s1. The largest absolute Gasteiger partial charge is 0.444 e. The van der Waals surface area contributed by atoms with Crippen LogP contribution in [0.3, 0.4) is 0 Å². The molecule has 1 aromatic rings. The number of piperidine rings is 1. The van der Waals surface area contributed by atoms with Crippen molar-refractivity contribution in [3.05, 3.63) is 35.9 Å². The molecule has 0 saturated carbocycles. The predicted molar refractivity (Wildman–Crippen MR) is 97.2 cm³/mol. The summed E-state index contributed by atoms with van der Waals surface area (Å²) in [6.45, 7) is 8.12. The molecule has 0 spiro atoms. The van der Waals surface area contributed by atoms with Crippen molar-refractivity contribution < 1.29 is 14.6 Å². The van der Waals surface area contributed by atoms with Gasteiger partial charge in [-0.3, -0.25) is 4.90 Å². The van der Waals surface area contributed by atoms with Crippen LogP contribution in [0, 0.1) is 5.92 Å². The Morgan fingerprint density at radius 3 is 2.56 bits per heavy atom. The van der Waals surface area contributed by atoms with E-state index in [0.717, 1.165) is 25.9 Å². The molecule has 3 heterocycles. The lowest BCUT2D eigenvalue weighted by Crippen LogP contribution is -2.53. The highest BCUT2D eigenvalue weighted by atomic mass is 16.6. The smallest absolute Gasteiger partial charge is 0.410 e. The third-order valence-electron chi connectivity index (χ3n) is 5.18. The summed E-state index contributed by atoms with van der Waals surface area (Å²) in [7, 11) is 0. The van der Waals surface area contributed by atoms with Gasteiger partial charge in [0.15, 0.2) is 0 Å². The number of amides is 1. The number of fused-ring (bicyclic) bond motifs is 4. The van der Waals surface area contributed by atoms with Crippen LogP contribution in [-0.4, -0.2) is 58.4 Å². The average molecular weight is 346 g/mol. The van der Waals surface area contributed by atoms with E-state index in [1.54, 1.807) is 4.90 Å². The molecule has 0 aliphatic carbocycles. The summed E-state index contributed by atoms with van der Waals surface area (Å²) in [6.07, 6.45) is 1.82. The van der Waals surface area contributed by atoms with Gasteiger partial charge in [-0.25, -0.2) is 4.79 Å². The maximum absolute atomic E-state index is 12.7. The molecule has 0 radical (unpaired) electrons. The molecular formula is C20H30N2O3. The zero-order valence-electron chi connectivity index (χ0n) is 15.5. The van der Waals surface area contributed by atoms with Gasteiger partial charge in [0.25, 0.3) is 0 Å². The van der Waals surface area contributed by atoms with Crippen molar-refractivity contribution >= 4 is 6.09 Å². The molecule has 1 amide bonds. The zero-order valence-corrected chi connectivity index (χ0v) is 15.5. The Balaban J connectivity index is 1.79. The van der Waals surface area contributed by atoms with Crippen molar-refractivity contribution in [3.8, 4) is 0 Å². The summed E-state index contributed by atoms with van der Waals surface area (Å²) in [5.41, 5.74) is 0.752. The second-order valence-corrected chi connectivity index (χ2v) is 8.31. The Hall–Kier alpha value is -1.59. The van der Waals surface area contributed by atoms with Crippen LogP contribution in [0.5, 0.6) is 0 Å². The molecule has 25 heavy (non-hydrogen) atoms. The number of carbonyl (C=O) groups is 1. The minimum atomic E-state index is -0.522. The maximum atomic E-state index is 12.7. The van der Waals surface area contributed by atoms with Crippen molar-refractivity contribution in [2.24, 2.45) is 5.92 Å². The summed E-state index contributed by atoms with van der Waals surface area (Å²) in [4.78, 5) is 16.9. The quantitative estimate of drug-likeness (QED) is 0.914. The van der Waals surface area contributed by atoms with Gasteiger partial charge < -0.3 is 14.7 Å². The van der Waals surface area contributed by atoms with Gasteiger partial charge in [-0.1, -0.05) is 30.3 Å². The lowest BCUT2D eigenvalue weighted by Gasteiger charge is -2.40. The minimum Gasteiger partial charge on any atom is -0.444 e. The first-order valence-corrected chi connectivity index (χ1v) is 9.26. The summed E-state index contributed by atoms with van der Waals surface area (Å²) in [5.74, 6) is 0.434. The highest BCUT2D eigenvalue weighted by Crippen LogP contribution is 2.33. The van der Waals surface area contributed by atoms with E-state index in [9.17, 15) is 9.90 Å². The van der Waals surface area contributed by atoms with Crippen LogP contribution in [-0.2, 0) is 11.3 Å². The molecule has 5 heteroatoms. The lowest BCUT2D eigenvalue weighted by atomic mass is 9.92. The van der Waals surface area contributed by atoms with E-state index < -0.39 is 5.60 Å². The second kappa shape index (κ2) is 7.34. The van der Waals surface area contributed by atoms with Crippen LogP contribution in [0.2, 0.25) is 0 Å². The van der Waals surface area contributed by atoms with Gasteiger partial charge in [0.1, 0.15) is 5.60 Å². The summed E-state index contributed by atoms with van der Waals surface area (Å²) >= 11 is 0. The van der Waals surface area contributed by atoms with Gasteiger partial charge in [-0.05, 0) is 45.1 Å². The fourth-order valence-corrected chi connectivity index (χ4v) is 4.10. The first kappa shape index (κ1) is 18.2. The number of benzene rings is 1. The van der Waals surface area contributed by atoms with E-state index in [0.29, 0.717) is 12.5 Å². The Morgan fingerprint density at radius 2 is 1.92 bits per heavy atom. The number of aliphatic hydroxyl groups excluding tert-OH is 1. The fourth-order valence-electron chi connectivity index (χ4n) is 4.10. The molecule has 3 aliphatic heterocycles. The Kier molecular flexibility index (Phi) is 5.35. The van der Waals surface area contributed by atoms with E-state index in [-0.39, 0.29) is 24.8 Å². The molecule has 3 aliphatic rings. The van der Waals surface area contributed by atoms with Gasteiger partial charge in [0.05, 0.1) is 12.6 Å². The highest BCUT2D eigenvalue weighted by Gasteiger charge is 2.44. The molecule has 3 fully saturated rings. The van der Waals surface area contributed by atoms with Gasteiger partial charge in [-0.15, -0.1) is 0 Å². The minimum absolute atomic E-state index is 0.0259. The number of rotatable bonds is 3. The van der Waals surface area contributed by atoms with Crippen LogP contribution in [0.4, 0.5) is 4.79 Å². The third kappa shape index (κ3) is 4.33. The van der Waals surface area contributed by atoms with E-state index >= 15 is 0 Å². The topological polar surface area (TPSA) is 53.0 Å². The number of ether oxygens (including phenoxy) is 1. The fraction of sp³-hybridized carbons (Fsp3) is 0.650. The summed E-state index contributed by atoms with van der Waals surface area (Å²) in [5, 5.41) is 10.1. The van der Waals surface area contributed by atoms with Gasteiger partial charge >= 0.3 is 6.09 Å². The number of carbonyl (C=O) groups excluding carboxylic acids is 1. The molecule has 5 nitrogen and oxygen atoms in total. The van der Waals surface area contributed by atoms with E-state index in [1.807, 2.05) is 26.8 Å². The summed E-state index contributed by atoms with van der Waals surface area (Å²) in [6, 6.07) is 10.4. The predicted octanol–water partition coefficient (Wildman–Crippen LogP) is 2.88. The first-order chi connectivity index (χ1) is 11.9. The molecule has 4 rings (SSSR count). The Morgan fingerprint density at radius 1 is 1.20 bits per heavy atom. The normalized spacial score (nSPS) is 27.2. The van der Waals surface area contributed by atoms with Crippen LogP contribution in [0.1, 0.15) is 39.2 Å². The molecule has 1 aromatic carbocycles. The van der Waals surface area contributed by atoms with E-state index in [4.69, 9.17) is 4.74 Å². The second-order valence-electron chi connectivity index (χ2n) is 8.31. The van der Waals surface area contributed by atoms with E-state index in [2.05, 4.69) is 29.2 Å². The van der Waals surface area contributed by atoms with Crippen LogP contribution >= 0.6 is 0 Å². The van der Waals surface area contributed by atoms with E-state index in [1.165, 1.54) is 5.56 Å². The maximum Gasteiger partial charge on any atom is 0.410 e. The third-order valence-corrected chi connectivity index (χ3v) is 5.18. The van der Waals surface area contributed by atoms with Gasteiger partial charge in [0, 0.05) is 25.7 Å². The number of aliphatic hydroxyl groups is 1. The molecule has 1 N–H and O–H groups in total. The molecular weight excluding hydrogens is 316 g/mol. The lowest BCUT2D eigenvalue weighted by molar-refractivity contribution is 0.000606. The molecule has 3 saturated heterocycles. The number of hydrogen-bond acceptors (Lipinski definition) is 4. The number of nitrogens with zero attached hydrogens (tertiary/aromatic N) is 2. The van der Waals surface area contributed by atoms with Crippen LogP contribution < -0.4 is 0 Å². The SMILES string of the molecule is CC(C)(C)OC(=O)N1C[C@H]2CC[C@@H]([C@H]1CO)N(Cc1ccccc1)C2. The zero-order chi connectivity index (χ0) is 18.0. The van der Waals surface area contributed by atoms with Crippen molar-refractivity contribution in [3.63, 3.8) is 0 Å². The molecule has 0 unspecified atom stereocenters. The average Bonchev–Trinajstić information content (AvgIpc) is 2.82. The Labute approximate surface area is 150 Å². The first-order valence-electron chi connectivity index (χ1n) is 9.26. The number of hydrogen-bond donors (Lipinski definition) is 1. The summed E-state index contributed by atoms with van der Waals surface area (Å²) < 4.78 is 5.60. The van der Waals surface area contributed by atoms with Crippen molar-refractivity contribution in [2.75, 3.05) is 19.7 Å². The molecule has 138 valence electrons. The van der Waals surface area contributed by atoms with Crippen molar-refractivity contribution in [2.45, 2.75) is 57.8 Å². The Bertz CT molecular complexity index is 584.